The van der Waals surface area contributed by atoms with E-state index in [9.17, 15) is 9.59 Å². The first kappa shape index (κ1) is 12.0. The Morgan fingerprint density at radius 2 is 1.87 bits per heavy atom. The molecule has 1 aliphatic carbocycles. The fourth-order valence-corrected chi connectivity index (χ4v) is 1.67. The second kappa shape index (κ2) is 5.73. The first-order valence-corrected chi connectivity index (χ1v) is 5.74. The summed E-state index contributed by atoms with van der Waals surface area (Å²) >= 11 is 0. The van der Waals surface area contributed by atoms with Gasteiger partial charge in [0.25, 0.3) is 0 Å². The number of carbonyl (C=O) groups excluding carboxylic acids is 2. The molecule has 1 saturated carbocycles. The van der Waals surface area contributed by atoms with Crippen molar-refractivity contribution in [1.82, 2.24) is 10.2 Å². The smallest absolute Gasteiger partial charge is 0.241 e. The zero-order valence-electron chi connectivity index (χ0n) is 9.58. The fourth-order valence-electron chi connectivity index (χ4n) is 1.67. The number of amides is 2. The van der Waals surface area contributed by atoms with Gasteiger partial charge in [0, 0.05) is 19.0 Å². The van der Waals surface area contributed by atoms with Crippen LogP contribution < -0.4 is 5.32 Å². The molecule has 2 amide bonds. The van der Waals surface area contributed by atoms with Gasteiger partial charge in [0.2, 0.25) is 11.8 Å². The predicted octanol–water partition coefficient (Wildman–Crippen LogP) is 0.771. The highest BCUT2D eigenvalue weighted by molar-refractivity contribution is 5.86. The van der Waals surface area contributed by atoms with Gasteiger partial charge in [-0.3, -0.25) is 9.59 Å². The molecule has 4 nitrogen and oxygen atoms in total. The number of hydrogen-bond donors (Lipinski definition) is 1. The molecule has 0 radical (unpaired) electrons. The van der Waals surface area contributed by atoms with E-state index in [1.807, 2.05) is 13.8 Å². The number of nitrogens with zero attached hydrogens (tertiary/aromatic N) is 1. The summed E-state index contributed by atoms with van der Waals surface area (Å²) in [7, 11) is 0. The Morgan fingerprint density at radius 1 is 1.27 bits per heavy atom. The van der Waals surface area contributed by atoms with Gasteiger partial charge in [-0.25, -0.2) is 0 Å². The summed E-state index contributed by atoms with van der Waals surface area (Å²) in [6, 6.07) is 0. The van der Waals surface area contributed by atoms with Crippen LogP contribution in [-0.2, 0) is 9.59 Å². The van der Waals surface area contributed by atoms with E-state index in [1.54, 1.807) is 4.90 Å². The Labute approximate surface area is 91.0 Å². The van der Waals surface area contributed by atoms with E-state index in [0.29, 0.717) is 13.1 Å². The number of rotatable bonds is 5. The van der Waals surface area contributed by atoms with Crippen LogP contribution in [0.4, 0.5) is 0 Å². The molecule has 15 heavy (non-hydrogen) atoms. The minimum Gasteiger partial charge on any atom is -0.347 e. The third-order valence-electron chi connectivity index (χ3n) is 3.01. The Kier molecular flexibility index (Phi) is 4.59. The number of hydrogen-bond acceptors (Lipinski definition) is 2. The molecule has 0 bridgehead atoms. The molecule has 0 saturated heterocycles. The second-order valence-corrected chi connectivity index (χ2v) is 3.91. The van der Waals surface area contributed by atoms with E-state index >= 15 is 0 Å². The van der Waals surface area contributed by atoms with Crippen LogP contribution in [0.5, 0.6) is 0 Å². The van der Waals surface area contributed by atoms with Crippen LogP contribution in [0.2, 0.25) is 0 Å². The van der Waals surface area contributed by atoms with Gasteiger partial charge >= 0.3 is 0 Å². The molecule has 0 aromatic rings. The van der Waals surface area contributed by atoms with Crippen molar-refractivity contribution in [2.45, 2.75) is 33.1 Å². The van der Waals surface area contributed by atoms with Gasteiger partial charge in [0.05, 0.1) is 6.54 Å². The first-order chi connectivity index (χ1) is 7.19. The molecule has 0 atom stereocenters. The number of likely N-dealkylation sites (N-methyl/N-ethyl adjacent to an activating group) is 1. The van der Waals surface area contributed by atoms with E-state index in [4.69, 9.17) is 0 Å². The van der Waals surface area contributed by atoms with Gasteiger partial charge in [-0.1, -0.05) is 6.42 Å². The molecule has 0 unspecified atom stereocenters. The number of nitrogens with one attached hydrogen (secondary N) is 1. The maximum absolute atomic E-state index is 11.5. The van der Waals surface area contributed by atoms with Crippen LogP contribution in [-0.4, -0.2) is 36.3 Å². The minimum absolute atomic E-state index is 0.00711. The first-order valence-electron chi connectivity index (χ1n) is 5.74. The molecule has 0 spiro atoms. The topological polar surface area (TPSA) is 49.4 Å². The highest BCUT2D eigenvalue weighted by Crippen LogP contribution is 2.25. The zero-order valence-corrected chi connectivity index (χ0v) is 9.58. The van der Waals surface area contributed by atoms with Crippen LogP contribution in [0.1, 0.15) is 33.1 Å². The monoisotopic (exact) mass is 212 g/mol. The van der Waals surface area contributed by atoms with Crippen molar-refractivity contribution in [1.29, 1.82) is 0 Å². The largest absolute Gasteiger partial charge is 0.347 e. The Hall–Kier alpha value is -1.06. The zero-order chi connectivity index (χ0) is 11.3. The molecule has 1 N–H and O–H groups in total. The van der Waals surface area contributed by atoms with Crippen LogP contribution >= 0.6 is 0 Å². The van der Waals surface area contributed by atoms with Crippen molar-refractivity contribution >= 4 is 11.8 Å². The lowest BCUT2D eigenvalue weighted by Gasteiger charge is -2.25. The molecular weight excluding hydrogens is 192 g/mol. The van der Waals surface area contributed by atoms with Crippen molar-refractivity contribution in [3.05, 3.63) is 0 Å². The Bertz CT molecular complexity index is 233. The average molecular weight is 212 g/mol. The van der Waals surface area contributed by atoms with Gasteiger partial charge < -0.3 is 10.2 Å². The van der Waals surface area contributed by atoms with Gasteiger partial charge in [-0.05, 0) is 26.7 Å². The molecule has 0 aliphatic heterocycles. The van der Waals surface area contributed by atoms with E-state index < -0.39 is 0 Å². The van der Waals surface area contributed by atoms with E-state index in [-0.39, 0.29) is 24.3 Å². The summed E-state index contributed by atoms with van der Waals surface area (Å²) in [5.74, 6) is 0.212. The van der Waals surface area contributed by atoms with Crippen molar-refractivity contribution in [2.75, 3.05) is 19.6 Å². The fraction of sp³-hybridized carbons (Fsp3) is 0.818. The van der Waals surface area contributed by atoms with Crippen LogP contribution in [0.25, 0.3) is 0 Å². The van der Waals surface area contributed by atoms with Gasteiger partial charge in [-0.15, -0.1) is 0 Å². The summed E-state index contributed by atoms with van der Waals surface area (Å²) in [5, 5.41) is 2.70. The molecular formula is C11H20N2O2. The quantitative estimate of drug-likeness (QED) is 0.732. The van der Waals surface area contributed by atoms with Crippen molar-refractivity contribution < 1.29 is 9.59 Å². The molecule has 1 fully saturated rings. The SMILES string of the molecule is CCN(CC)C(=O)CNC(=O)C1CCC1. The van der Waals surface area contributed by atoms with Gasteiger partial charge in [-0.2, -0.15) is 0 Å². The standard InChI is InChI=1S/C11H20N2O2/c1-3-13(4-2)10(14)8-12-11(15)9-6-5-7-9/h9H,3-8H2,1-2H3,(H,12,15). The highest BCUT2D eigenvalue weighted by Gasteiger charge is 2.25. The molecule has 0 aromatic carbocycles. The normalized spacial score (nSPS) is 15.6. The van der Waals surface area contributed by atoms with E-state index in [0.717, 1.165) is 19.3 Å². The minimum atomic E-state index is 0.00711. The molecule has 4 heteroatoms. The third kappa shape index (κ3) is 3.22. The lowest BCUT2D eigenvalue weighted by molar-refractivity contribution is -0.134. The molecule has 1 aliphatic rings. The lowest BCUT2D eigenvalue weighted by atomic mass is 9.85. The summed E-state index contributed by atoms with van der Waals surface area (Å²) in [6.45, 7) is 5.44. The maximum atomic E-state index is 11.5. The summed E-state index contributed by atoms with van der Waals surface area (Å²) in [4.78, 5) is 24.7. The lowest BCUT2D eigenvalue weighted by Crippen LogP contribution is -2.43. The third-order valence-corrected chi connectivity index (χ3v) is 3.01. The van der Waals surface area contributed by atoms with Gasteiger partial charge in [0.1, 0.15) is 0 Å². The van der Waals surface area contributed by atoms with Crippen LogP contribution in [0.3, 0.4) is 0 Å². The Balaban J connectivity index is 2.23. The second-order valence-electron chi connectivity index (χ2n) is 3.91. The summed E-state index contributed by atoms with van der Waals surface area (Å²) < 4.78 is 0. The molecule has 1 rings (SSSR count). The van der Waals surface area contributed by atoms with Crippen LogP contribution in [0.15, 0.2) is 0 Å². The average Bonchev–Trinajstić information content (AvgIpc) is 2.14. The molecule has 0 aromatic heterocycles. The predicted molar refractivity (Wildman–Crippen MR) is 58.3 cm³/mol. The van der Waals surface area contributed by atoms with Crippen LogP contribution in [0, 0.1) is 5.92 Å². The summed E-state index contributed by atoms with van der Waals surface area (Å²) in [5.41, 5.74) is 0. The van der Waals surface area contributed by atoms with E-state index in [1.165, 1.54) is 0 Å². The van der Waals surface area contributed by atoms with Gasteiger partial charge in [0.15, 0.2) is 0 Å². The highest BCUT2D eigenvalue weighted by atomic mass is 16.2. The molecule has 86 valence electrons. The van der Waals surface area contributed by atoms with E-state index in [2.05, 4.69) is 5.32 Å². The molecule has 0 heterocycles. The Morgan fingerprint density at radius 3 is 2.27 bits per heavy atom. The summed E-state index contributed by atoms with van der Waals surface area (Å²) in [6.07, 6.45) is 3.10. The number of carbonyl (C=O) groups is 2. The van der Waals surface area contributed by atoms with Crippen molar-refractivity contribution in [3.8, 4) is 0 Å². The maximum Gasteiger partial charge on any atom is 0.241 e. The van der Waals surface area contributed by atoms with Crippen molar-refractivity contribution in [3.63, 3.8) is 0 Å². The van der Waals surface area contributed by atoms with Crippen molar-refractivity contribution in [2.24, 2.45) is 5.92 Å².